The average Bonchev–Trinajstić information content (AvgIpc) is 3.14. The molecule has 7 heteroatoms. The molecule has 128 valence electrons. The fourth-order valence-electron chi connectivity index (χ4n) is 2.22. The Morgan fingerprint density at radius 1 is 1.36 bits per heavy atom. The van der Waals surface area contributed by atoms with Crippen molar-refractivity contribution in [2.45, 2.75) is 64.4 Å². The van der Waals surface area contributed by atoms with Gasteiger partial charge in [0, 0.05) is 0 Å². The van der Waals surface area contributed by atoms with Gasteiger partial charge in [0.1, 0.15) is 11.7 Å². The van der Waals surface area contributed by atoms with Crippen molar-refractivity contribution in [1.82, 2.24) is 5.32 Å². The van der Waals surface area contributed by atoms with Gasteiger partial charge in [0.05, 0.1) is 19.8 Å². The van der Waals surface area contributed by atoms with Gasteiger partial charge in [-0.1, -0.05) is 13.8 Å². The minimum atomic E-state index is -1.39. The van der Waals surface area contributed by atoms with E-state index in [0.717, 1.165) is 0 Å². The van der Waals surface area contributed by atoms with Crippen molar-refractivity contribution in [3.05, 3.63) is 0 Å². The molecule has 0 aliphatic carbocycles. The van der Waals surface area contributed by atoms with Crippen LogP contribution in [0.15, 0.2) is 0 Å². The number of aliphatic hydroxyl groups is 1. The molecule has 0 bridgehead atoms. The Kier molecular flexibility index (Phi) is 5.81. The van der Waals surface area contributed by atoms with E-state index in [4.69, 9.17) is 9.47 Å². The molecule has 22 heavy (non-hydrogen) atoms. The third-order valence-corrected chi connectivity index (χ3v) is 3.27. The fourth-order valence-corrected chi connectivity index (χ4v) is 2.22. The SMILES string of the molecule is COC(=O)[C@]1([C@@H](O)[C@H](CC(C)C)NC(=O)OC(C)(C)C)CO1. The Labute approximate surface area is 131 Å². The number of hydrogen-bond donors (Lipinski definition) is 2. The van der Waals surface area contributed by atoms with Gasteiger partial charge < -0.3 is 24.6 Å². The number of aliphatic hydroxyl groups excluding tert-OH is 1. The summed E-state index contributed by atoms with van der Waals surface area (Å²) in [6, 6.07) is -0.670. The highest BCUT2D eigenvalue weighted by Gasteiger charge is 2.61. The van der Waals surface area contributed by atoms with Gasteiger partial charge in [-0.3, -0.25) is 0 Å². The summed E-state index contributed by atoms with van der Waals surface area (Å²) in [7, 11) is 1.23. The number of carbonyl (C=O) groups excluding carboxylic acids is 2. The predicted molar refractivity (Wildman–Crippen MR) is 79.3 cm³/mol. The Morgan fingerprint density at radius 3 is 2.27 bits per heavy atom. The summed E-state index contributed by atoms with van der Waals surface area (Å²) >= 11 is 0. The van der Waals surface area contributed by atoms with E-state index in [1.165, 1.54) is 7.11 Å². The lowest BCUT2D eigenvalue weighted by atomic mass is 9.91. The monoisotopic (exact) mass is 317 g/mol. The molecule has 1 aliphatic heterocycles. The van der Waals surface area contributed by atoms with Crippen LogP contribution in [-0.2, 0) is 19.0 Å². The van der Waals surface area contributed by atoms with Gasteiger partial charge in [-0.15, -0.1) is 0 Å². The first-order valence-corrected chi connectivity index (χ1v) is 7.42. The van der Waals surface area contributed by atoms with E-state index in [0.29, 0.717) is 6.42 Å². The third kappa shape index (κ3) is 4.84. The summed E-state index contributed by atoms with van der Waals surface area (Å²) < 4.78 is 15.0. The van der Waals surface area contributed by atoms with Crippen LogP contribution in [0.25, 0.3) is 0 Å². The van der Waals surface area contributed by atoms with Crippen LogP contribution in [0, 0.1) is 5.92 Å². The molecule has 0 aromatic rings. The first kappa shape index (κ1) is 18.7. The number of carbonyl (C=O) groups is 2. The number of methoxy groups -OCH3 is 1. The quantitative estimate of drug-likeness (QED) is 0.565. The first-order valence-electron chi connectivity index (χ1n) is 7.42. The van der Waals surface area contributed by atoms with E-state index in [-0.39, 0.29) is 12.5 Å². The van der Waals surface area contributed by atoms with Crippen molar-refractivity contribution in [2.24, 2.45) is 5.92 Å². The summed E-state index contributed by atoms with van der Waals surface area (Å²) in [5.74, 6) is -0.442. The molecule has 7 nitrogen and oxygen atoms in total. The molecule has 0 aromatic heterocycles. The molecule has 1 amide bonds. The van der Waals surface area contributed by atoms with E-state index >= 15 is 0 Å². The average molecular weight is 317 g/mol. The van der Waals surface area contributed by atoms with Crippen LogP contribution in [0.4, 0.5) is 4.79 Å². The number of amides is 1. The number of alkyl carbamates (subject to hydrolysis) is 1. The van der Waals surface area contributed by atoms with Crippen LogP contribution in [0.2, 0.25) is 0 Å². The molecular weight excluding hydrogens is 290 g/mol. The standard InChI is InChI=1S/C15H27NO6/c1-9(2)7-10(16-13(19)22-14(3,4)5)11(17)15(8-21-15)12(18)20-6/h9-11,17H,7-8H2,1-6H3,(H,16,19)/t10-,11-,15+/m0/s1. The van der Waals surface area contributed by atoms with E-state index in [9.17, 15) is 14.7 Å². The second-order valence-corrected chi connectivity index (χ2v) is 7.00. The lowest BCUT2D eigenvalue weighted by molar-refractivity contribution is -0.152. The molecule has 3 atom stereocenters. The molecule has 1 rings (SSSR count). The van der Waals surface area contributed by atoms with Crippen molar-refractivity contribution in [3.63, 3.8) is 0 Å². The molecule has 0 unspecified atom stereocenters. The second-order valence-electron chi connectivity index (χ2n) is 7.00. The minimum absolute atomic E-state index is 0.0748. The highest BCUT2D eigenvalue weighted by Crippen LogP contribution is 2.35. The number of ether oxygens (including phenoxy) is 3. The highest BCUT2D eigenvalue weighted by molar-refractivity contribution is 5.83. The number of hydrogen-bond acceptors (Lipinski definition) is 6. The first-order chi connectivity index (χ1) is 10.0. The van der Waals surface area contributed by atoms with Gasteiger partial charge in [-0.2, -0.15) is 0 Å². The maximum absolute atomic E-state index is 11.9. The van der Waals surface area contributed by atoms with Crippen LogP contribution < -0.4 is 5.32 Å². The molecular formula is C15H27NO6. The molecule has 1 fully saturated rings. The summed E-state index contributed by atoms with van der Waals surface area (Å²) in [5.41, 5.74) is -2.03. The van der Waals surface area contributed by atoms with Crippen molar-refractivity contribution in [3.8, 4) is 0 Å². The topological polar surface area (TPSA) is 97.4 Å². The maximum Gasteiger partial charge on any atom is 0.407 e. The Morgan fingerprint density at radius 2 is 1.91 bits per heavy atom. The molecule has 0 saturated carbocycles. The van der Waals surface area contributed by atoms with Gasteiger partial charge in [0.2, 0.25) is 5.60 Å². The molecule has 0 radical (unpaired) electrons. The normalized spacial score (nSPS) is 23.6. The van der Waals surface area contributed by atoms with Crippen LogP contribution in [-0.4, -0.2) is 54.2 Å². The Balaban J connectivity index is 2.80. The van der Waals surface area contributed by atoms with Crippen molar-refractivity contribution >= 4 is 12.1 Å². The van der Waals surface area contributed by atoms with E-state index in [1.54, 1.807) is 20.8 Å². The van der Waals surface area contributed by atoms with Crippen LogP contribution in [0.5, 0.6) is 0 Å². The van der Waals surface area contributed by atoms with Gasteiger partial charge in [0.15, 0.2) is 0 Å². The van der Waals surface area contributed by atoms with E-state index in [1.807, 2.05) is 13.8 Å². The molecule has 0 aromatic carbocycles. The number of esters is 1. The second kappa shape index (κ2) is 6.83. The van der Waals surface area contributed by atoms with Crippen molar-refractivity contribution in [1.29, 1.82) is 0 Å². The lowest BCUT2D eigenvalue weighted by Crippen LogP contribution is -2.54. The summed E-state index contributed by atoms with van der Waals surface area (Å²) in [4.78, 5) is 23.7. The number of epoxide rings is 1. The minimum Gasteiger partial charge on any atom is -0.467 e. The molecule has 1 saturated heterocycles. The van der Waals surface area contributed by atoms with Crippen molar-refractivity contribution in [2.75, 3.05) is 13.7 Å². The lowest BCUT2D eigenvalue weighted by Gasteiger charge is -2.29. The largest absolute Gasteiger partial charge is 0.467 e. The Hall–Kier alpha value is -1.34. The summed E-state index contributed by atoms with van der Waals surface area (Å²) in [6.07, 6.45) is -1.37. The maximum atomic E-state index is 11.9. The van der Waals surface area contributed by atoms with E-state index in [2.05, 4.69) is 10.1 Å². The van der Waals surface area contributed by atoms with Crippen LogP contribution in [0.3, 0.4) is 0 Å². The van der Waals surface area contributed by atoms with Crippen LogP contribution >= 0.6 is 0 Å². The zero-order valence-electron chi connectivity index (χ0n) is 14.1. The number of nitrogens with one attached hydrogen (secondary N) is 1. The zero-order valence-corrected chi connectivity index (χ0v) is 14.1. The Bertz CT molecular complexity index is 411. The summed E-state index contributed by atoms with van der Waals surface area (Å²) in [6.45, 7) is 9.23. The molecule has 1 aliphatic rings. The van der Waals surface area contributed by atoms with Gasteiger partial charge in [0.25, 0.3) is 0 Å². The zero-order chi connectivity index (χ0) is 17.1. The van der Waals surface area contributed by atoms with Gasteiger partial charge in [-0.25, -0.2) is 9.59 Å². The molecule has 0 spiro atoms. The van der Waals surface area contributed by atoms with Crippen LogP contribution in [0.1, 0.15) is 41.0 Å². The molecule has 2 N–H and O–H groups in total. The number of rotatable bonds is 6. The van der Waals surface area contributed by atoms with Gasteiger partial charge in [-0.05, 0) is 33.1 Å². The fraction of sp³-hybridized carbons (Fsp3) is 0.867. The van der Waals surface area contributed by atoms with Crippen molar-refractivity contribution < 1.29 is 28.9 Å². The third-order valence-electron chi connectivity index (χ3n) is 3.27. The summed E-state index contributed by atoms with van der Waals surface area (Å²) in [5, 5.41) is 13.1. The highest BCUT2D eigenvalue weighted by atomic mass is 16.7. The van der Waals surface area contributed by atoms with E-state index < -0.39 is 35.4 Å². The van der Waals surface area contributed by atoms with Gasteiger partial charge >= 0.3 is 12.1 Å². The smallest absolute Gasteiger partial charge is 0.407 e. The predicted octanol–water partition coefficient (Wildman–Crippen LogP) is 1.23. The molecule has 1 heterocycles.